The van der Waals surface area contributed by atoms with Gasteiger partial charge in [-0.15, -0.1) is 0 Å². The molecule has 1 aliphatic rings. The fourth-order valence-electron chi connectivity index (χ4n) is 3.06. The molecule has 1 saturated heterocycles. The summed E-state index contributed by atoms with van der Waals surface area (Å²) in [7, 11) is 2.07. The lowest BCUT2D eigenvalue weighted by molar-refractivity contribution is 0.154. The first-order valence-electron chi connectivity index (χ1n) is 7.68. The van der Waals surface area contributed by atoms with Crippen LogP contribution in [0.3, 0.4) is 0 Å². The van der Waals surface area contributed by atoms with E-state index in [0.717, 1.165) is 6.04 Å². The minimum Gasteiger partial charge on any atom is -0.313 e. The van der Waals surface area contributed by atoms with E-state index < -0.39 is 0 Å². The maximum Gasteiger partial charge on any atom is 0.0329 e. The van der Waals surface area contributed by atoms with Gasteiger partial charge in [-0.2, -0.15) is 0 Å². The first-order chi connectivity index (χ1) is 9.20. The van der Waals surface area contributed by atoms with E-state index in [-0.39, 0.29) is 0 Å². The van der Waals surface area contributed by atoms with Crippen LogP contribution in [0.25, 0.3) is 0 Å². The zero-order valence-corrected chi connectivity index (χ0v) is 12.7. The van der Waals surface area contributed by atoms with E-state index in [0.29, 0.717) is 6.04 Å². The minimum atomic E-state index is 0.481. The van der Waals surface area contributed by atoms with Crippen molar-refractivity contribution in [2.24, 2.45) is 0 Å². The second kappa shape index (κ2) is 7.06. The van der Waals surface area contributed by atoms with E-state index >= 15 is 0 Å². The topological polar surface area (TPSA) is 15.3 Å². The van der Waals surface area contributed by atoms with Gasteiger partial charge < -0.3 is 10.2 Å². The van der Waals surface area contributed by atoms with Crippen LogP contribution >= 0.6 is 0 Å². The highest BCUT2D eigenvalue weighted by Gasteiger charge is 2.19. The Bertz CT molecular complexity index is 371. The summed E-state index contributed by atoms with van der Waals surface area (Å²) in [6.45, 7) is 7.01. The molecule has 2 nitrogen and oxygen atoms in total. The highest BCUT2D eigenvalue weighted by atomic mass is 15.2. The van der Waals surface area contributed by atoms with Crippen molar-refractivity contribution in [3.05, 3.63) is 35.4 Å². The molecule has 2 unspecified atom stereocenters. The molecule has 1 fully saturated rings. The van der Waals surface area contributed by atoms with Crippen molar-refractivity contribution in [2.75, 3.05) is 20.1 Å². The van der Waals surface area contributed by atoms with Crippen molar-refractivity contribution in [3.8, 4) is 0 Å². The van der Waals surface area contributed by atoms with Gasteiger partial charge in [-0.1, -0.05) is 36.2 Å². The summed E-state index contributed by atoms with van der Waals surface area (Å²) in [4.78, 5) is 2.65. The lowest BCUT2D eigenvalue weighted by Crippen LogP contribution is -2.39. The quantitative estimate of drug-likeness (QED) is 0.871. The number of hydrogen-bond donors (Lipinski definition) is 1. The lowest BCUT2D eigenvalue weighted by atomic mass is 9.99. The molecule has 19 heavy (non-hydrogen) atoms. The molecular formula is C17H28N2. The highest BCUT2D eigenvalue weighted by Crippen LogP contribution is 2.21. The molecule has 0 spiro atoms. The molecule has 1 aromatic carbocycles. The fourth-order valence-corrected chi connectivity index (χ4v) is 3.06. The molecular weight excluding hydrogens is 232 g/mol. The molecule has 0 bridgehead atoms. The van der Waals surface area contributed by atoms with Crippen LogP contribution in [-0.4, -0.2) is 31.1 Å². The van der Waals surface area contributed by atoms with Crippen LogP contribution in [0, 0.1) is 6.92 Å². The summed E-state index contributed by atoms with van der Waals surface area (Å²) in [5.74, 6) is 0. The fraction of sp³-hybridized carbons (Fsp3) is 0.647. The predicted octanol–water partition coefficient (Wildman–Crippen LogP) is 3.52. The number of piperidine rings is 1. The normalized spacial score (nSPS) is 22.4. The average Bonchev–Trinajstić information content (AvgIpc) is 2.43. The van der Waals surface area contributed by atoms with Crippen molar-refractivity contribution in [3.63, 3.8) is 0 Å². The molecule has 1 aliphatic heterocycles. The van der Waals surface area contributed by atoms with Crippen LogP contribution in [0.2, 0.25) is 0 Å². The van der Waals surface area contributed by atoms with Crippen LogP contribution in [0.1, 0.15) is 49.8 Å². The number of hydrogen-bond acceptors (Lipinski definition) is 2. The van der Waals surface area contributed by atoms with Crippen molar-refractivity contribution < 1.29 is 0 Å². The largest absolute Gasteiger partial charge is 0.313 e. The van der Waals surface area contributed by atoms with Gasteiger partial charge in [-0.3, -0.25) is 0 Å². The third-order valence-corrected chi connectivity index (χ3v) is 4.47. The molecule has 1 N–H and O–H groups in total. The van der Waals surface area contributed by atoms with E-state index in [4.69, 9.17) is 0 Å². The Morgan fingerprint density at radius 2 is 2.00 bits per heavy atom. The number of benzene rings is 1. The Morgan fingerprint density at radius 3 is 2.63 bits per heavy atom. The predicted molar refractivity (Wildman–Crippen MR) is 82.5 cm³/mol. The molecule has 2 heteroatoms. The monoisotopic (exact) mass is 260 g/mol. The molecule has 0 amide bonds. The first kappa shape index (κ1) is 14.5. The van der Waals surface area contributed by atoms with E-state index in [9.17, 15) is 0 Å². The van der Waals surface area contributed by atoms with Crippen LogP contribution in [0.4, 0.5) is 0 Å². The molecule has 0 radical (unpaired) electrons. The zero-order valence-electron chi connectivity index (χ0n) is 12.7. The standard InChI is InChI=1S/C17H28N2/c1-14-7-9-16(10-8-14)17(18-3)11-13-19-12-5-4-6-15(19)2/h7-10,15,17-18H,4-6,11-13H2,1-3H3. The molecule has 0 saturated carbocycles. The summed E-state index contributed by atoms with van der Waals surface area (Å²) < 4.78 is 0. The highest BCUT2D eigenvalue weighted by molar-refractivity contribution is 5.24. The molecule has 0 aliphatic carbocycles. The van der Waals surface area contributed by atoms with Crippen molar-refractivity contribution >= 4 is 0 Å². The maximum absolute atomic E-state index is 3.47. The van der Waals surface area contributed by atoms with Gasteiger partial charge in [0.05, 0.1) is 0 Å². The van der Waals surface area contributed by atoms with E-state index in [1.807, 2.05) is 0 Å². The number of likely N-dealkylation sites (tertiary alicyclic amines) is 1. The van der Waals surface area contributed by atoms with Gasteiger partial charge in [-0.05, 0) is 52.3 Å². The van der Waals surface area contributed by atoms with Crippen molar-refractivity contribution in [2.45, 2.75) is 51.6 Å². The van der Waals surface area contributed by atoms with Crippen LogP contribution in [0.5, 0.6) is 0 Å². The zero-order chi connectivity index (χ0) is 13.7. The Labute approximate surface area is 118 Å². The van der Waals surface area contributed by atoms with Crippen LogP contribution in [-0.2, 0) is 0 Å². The van der Waals surface area contributed by atoms with Gasteiger partial charge >= 0.3 is 0 Å². The summed E-state index contributed by atoms with van der Waals surface area (Å²) >= 11 is 0. The van der Waals surface area contributed by atoms with E-state index in [1.54, 1.807) is 0 Å². The second-order valence-corrected chi connectivity index (χ2v) is 5.92. The van der Waals surface area contributed by atoms with Gasteiger partial charge in [0.25, 0.3) is 0 Å². The Balaban J connectivity index is 1.90. The number of aryl methyl sites for hydroxylation is 1. The van der Waals surface area contributed by atoms with Gasteiger partial charge in [0, 0.05) is 18.6 Å². The van der Waals surface area contributed by atoms with Gasteiger partial charge in [0.1, 0.15) is 0 Å². The average molecular weight is 260 g/mol. The molecule has 1 heterocycles. The minimum absolute atomic E-state index is 0.481. The maximum atomic E-state index is 3.47. The number of nitrogens with one attached hydrogen (secondary N) is 1. The third-order valence-electron chi connectivity index (χ3n) is 4.47. The van der Waals surface area contributed by atoms with Crippen molar-refractivity contribution in [1.82, 2.24) is 10.2 Å². The van der Waals surface area contributed by atoms with E-state index in [1.165, 1.54) is 49.9 Å². The third kappa shape index (κ3) is 4.05. The van der Waals surface area contributed by atoms with E-state index in [2.05, 4.69) is 55.4 Å². The molecule has 106 valence electrons. The van der Waals surface area contributed by atoms with Crippen LogP contribution < -0.4 is 5.32 Å². The molecule has 2 rings (SSSR count). The van der Waals surface area contributed by atoms with Crippen molar-refractivity contribution in [1.29, 1.82) is 0 Å². The smallest absolute Gasteiger partial charge is 0.0329 e. The summed E-state index contributed by atoms with van der Waals surface area (Å²) in [5.41, 5.74) is 2.75. The molecule has 1 aromatic rings. The summed E-state index contributed by atoms with van der Waals surface area (Å²) in [5, 5.41) is 3.47. The molecule has 2 atom stereocenters. The van der Waals surface area contributed by atoms with Gasteiger partial charge in [-0.25, -0.2) is 0 Å². The SMILES string of the molecule is CNC(CCN1CCCCC1C)c1ccc(C)cc1. The summed E-state index contributed by atoms with van der Waals surface area (Å²) in [6.07, 6.45) is 5.35. The Kier molecular flexibility index (Phi) is 5.41. The number of nitrogens with zero attached hydrogens (tertiary/aromatic N) is 1. The van der Waals surface area contributed by atoms with Gasteiger partial charge in [0.15, 0.2) is 0 Å². The number of rotatable bonds is 5. The first-order valence-corrected chi connectivity index (χ1v) is 7.68. The molecule has 0 aromatic heterocycles. The lowest BCUT2D eigenvalue weighted by Gasteiger charge is -2.34. The summed E-state index contributed by atoms with van der Waals surface area (Å²) in [6, 6.07) is 10.2. The Morgan fingerprint density at radius 1 is 1.26 bits per heavy atom. The van der Waals surface area contributed by atoms with Crippen LogP contribution in [0.15, 0.2) is 24.3 Å². The Hall–Kier alpha value is -0.860. The second-order valence-electron chi connectivity index (χ2n) is 5.92. The van der Waals surface area contributed by atoms with Gasteiger partial charge in [0.2, 0.25) is 0 Å².